The third-order valence-electron chi connectivity index (χ3n) is 0.851. The summed E-state index contributed by atoms with van der Waals surface area (Å²) in [6.45, 7) is 7.49. The fourth-order valence-corrected chi connectivity index (χ4v) is 0.577. The van der Waals surface area contributed by atoms with Crippen LogP contribution in [0, 0.1) is 0 Å². The number of nitrogens with one attached hydrogen (secondary N) is 2. The predicted molar refractivity (Wildman–Crippen MR) is 44.5 cm³/mol. The molecule has 0 fully saturated rings. The summed E-state index contributed by atoms with van der Waals surface area (Å²) in [5.41, 5.74) is 2.37. The number of thiocarbonyl (C=S) groups is 1. The number of likely N-dealkylation sites (N-methyl/N-ethyl adjacent to an activating group) is 1. The van der Waals surface area contributed by atoms with Crippen LogP contribution in [0.15, 0.2) is 12.3 Å². The molecule has 0 aromatic heterocycles. The first-order chi connectivity index (χ1) is 4.31. The molecule has 0 atom stereocenters. The van der Waals surface area contributed by atoms with Gasteiger partial charge < -0.3 is 10.6 Å². The fraction of sp³-hybridized carbons (Fsp3) is 0.500. The monoisotopic (exact) mass is 144 g/mol. The summed E-state index contributed by atoms with van der Waals surface area (Å²) in [4.78, 5) is 0. The molecule has 2 nitrogen and oxygen atoms in total. The molecule has 0 amide bonds. The predicted octanol–water partition coefficient (Wildman–Crippen LogP) is 0.656. The maximum Gasteiger partial charge on any atom is 0.0656 e. The maximum atomic E-state index is 4.55. The molecule has 0 saturated carbocycles. The van der Waals surface area contributed by atoms with Crippen molar-refractivity contribution in [2.45, 2.75) is 6.92 Å². The molecular formula is C6H12N2S. The lowest BCUT2D eigenvalue weighted by molar-refractivity contribution is 0.761. The Kier molecular flexibility index (Phi) is 5.46. The molecular weight excluding hydrogens is 132 g/mol. The van der Waals surface area contributed by atoms with Crippen LogP contribution < -0.4 is 10.6 Å². The van der Waals surface area contributed by atoms with E-state index in [1.54, 1.807) is 0 Å². The molecule has 0 spiro atoms. The normalized spacial score (nSPS) is 8.56. The fourth-order valence-electron chi connectivity index (χ4n) is 0.410. The van der Waals surface area contributed by atoms with Gasteiger partial charge in [0.15, 0.2) is 0 Å². The van der Waals surface area contributed by atoms with Crippen molar-refractivity contribution in [3.8, 4) is 0 Å². The Hall–Kier alpha value is -0.410. The molecule has 0 bridgehead atoms. The summed E-state index contributed by atoms with van der Waals surface area (Å²) in [7, 11) is 0. The van der Waals surface area contributed by atoms with Gasteiger partial charge in [0.25, 0.3) is 0 Å². The van der Waals surface area contributed by atoms with E-state index in [0.29, 0.717) is 0 Å². The summed E-state index contributed by atoms with van der Waals surface area (Å²) < 4.78 is 0. The Morgan fingerprint density at radius 2 is 2.44 bits per heavy atom. The van der Waals surface area contributed by atoms with Crippen LogP contribution in [-0.4, -0.2) is 18.6 Å². The van der Waals surface area contributed by atoms with E-state index in [2.05, 4.69) is 29.4 Å². The Bertz CT molecular complexity index is 101. The van der Waals surface area contributed by atoms with Gasteiger partial charge in [0.2, 0.25) is 0 Å². The van der Waals surface area contributed by atoms with Gasteiger partial charge in [-0.2, -0.15) is 0 Å². The minimum atomic E-state index is 0.781. The van der Waals surface area contributed by atoms with E-state index < -0.39 is 0 Å². The zero-order chi connectivity index (χ0) is 7.11. The topological polar surface area (TPSA) is 24.1 Å². The van der Waals surface area contributed by atoms with Gasteiger partial charge in [-0.05, 0) is 6.54 Å². The van der Waals surface area contributed by atoms with Gasteiger partial charge >= 0.3 is 0 Å². The zero-order valence-corrected chi connectivity index (χ0v) is 6.42. The lowest BCUT2D eigenvalue weighted by atomic mass is 10.5. The SMILES string of the molecule is C=C(CNCC)NC=S. The molecule has 2 N–H and O–H groups in total. The second kappa shape index (κ2) is 5.72. The molecule has 0 aliphatic carbocycles. The van der Waals surface area contributed by atoms with Gasteiger partial charge in [-0.25, -0.2) is 0 Å². The van der Waals surface area contributed by atoms with Gasteiger partial charge in [-0.1, -0.05) is 25.7 Å². The van der Waals surface area contributed by atoms with E-state index in [1.807, 2.05) is 6.92 Å². The summed E-state index contributed by atoms with van der Waals surface area (Å²) >= 11 is 4.55. The van der Waals surface area contributed by atoms with Crippen molar-refractivity contribution >= 4 is 17.7 Å². The molecule has 0 aliphatic heterocycles. The second-order valence-corrected chi connectivity index (χ2v) is 1.88. The van der Waals surface area contributed by atoms with Crippen LogP contribution in [0.25, 0.3) is 0 Å². The highest BCUT2D eigenvalue weighted by molar-refractivity contribution is 7.78. The Labute approximate surface area is 61.3 Å². The summed E-state index contributed by atoms with van der Waals surface area (Å²) in [6.07, 6.45) is 0. The molecule has 0 aliphatic rings. The van der Waals surface area contributed by atoms with Crippen molar-refractivity contribution in [3.05, 3.63) is 12.3 Å². The van der Waals surface area contributed by atoms with Crippen LogP contribution in [0.3, 0.4) is 0 Å². The third kappa shape index (κ3) is 5.46. The summed E-state index contributed by atoms with van der Waals surface area (Å²) in [5, 5.41) is 5.92. The lowest BCUT2D eigenvalue weighted by Crippen LogP contribution is -2.22. The van der Waals surface area contributed by atoms with Crippen molar-refractivity contribution in [3.63, 3.8) is 0 Å². The third-order valence-corrected chi connectivity index (χ3v) is 0.969. The molecule has 52 valence electrons. The molecule has 9 heavy (non-hydrogen) atoms. The molecule has 3 heteroatoms. The smallest absolute Gasteiger partial charge is 0.0656 e. The first-order valence-electron chi connectivity index (χ1n) is 2.90. The second-order valence-electron chi connectivity index (χ2n) is 1.65. The van der Waals surface area contributed by atoms with Crippen LogP contribution >= 0.6 is 12.2 Å². The highest BCUT2D eigenvalue weighted by Crippen LogP contribution is 1.75. The number of hydrogen-bond donors (Lipinski definition) is 2. The molecule has 0 aromatic rings. The first kappa shape index (κ1) is 8.59. The lowest BCUT2D eigenvalue weighted by Gasteiger charge is -2.02. The standard InChI is InChI=1S/C6H12N2S/c1-3-7-4-6(2)8-5-9/h5,7H,2-4H2,1H3,(H,8,9). The van der Waals surface area contributed by atoms with Crippen molar-refractivity contribution in [2.24, 2.45) is 0 Å². The van der Waals surface area contributed by atoms with Crippen LogP contribution in [-0.2, 0) is 0 Å². The van der Waals surface area contributed by atoms with E-state index in [-0.39, 0.29) is 0 Å². The van der Waals surface area contributed by atoms with Crippen LogP contribution in [0.2, 0.25) is 0 Å². The quantitative estimate of drug-likeness (QED) is 0.554. The number of hydrogen-bond acceptors (Lipinski definition) is 2. The molecule has 0 rings (SSSR count). The Morgan fingerprint density at radius 3 is 2.89 bits per heavy atom. The highest BCUT2D eigenvalue weighted by atomic mass is 32.1. The highest BCUT2D eigenvalue weighted by Gasteiger charge is 1.85. The first-order valence-corrected chi connectivity index (χ1v) is 3.37. The summed E-state index contributed by atoms with van der Waals surface area (Å²) in [6, 6.07) is 0. The maximum absolute atomic E-state index is 4.55. The number of rotatable bonds is 5. The van der Waals surface area contributed by atoms with Crippen molar-refractivity contribution < 1.29 is 0 Å². The molecule has 0 heterocycles. The summed E-state index contributed by atoms with van der Waals surface area (Å²) in [5.74, 6) is 0. The van der Waals surface area contributed by atoms with E-state index in [9.17, 15) is 0 Å². The van der Waals surface area contributed by atoms with Gasteiger partial charge in [-0.15, -0.1) is 0 Å². The van der Waals surface area contributed by atoms with Gasteiger partial charge in [0.1, 0.15) is 0 Å². The molecule has 0 radical (unpaired) electrons. The zero-order valence-electron chi connectivity index (χ0n) is 5.61. The Morgan fingerprint density at radius 1 is 1.78 bits per heavy atom. The van der Waals surface area contributed by atoms with Crippen molar-refractivity contribution in [1.29, 1.82) is 0 Å². The average Bonchev–Trinajstić information content (AvgIpc) is 1.85. The van der Waals surface area contributed by atoms with Crippen molar-refractivity contribution in [2.75, 3.05) is 13.1 Å². The van der Waals surface area contributed by atoms with E-state index in [1.165, 1.54) is 5.49 Å². The molecule has 0 saturated heterocycles. The largest absolute Gasteiger partial charge is 0.355 e. The van der Waals surface area contributed by atoms with Crippen molar-refractivity contribution in [1.82, 2.24) is 10.6 Å². The van der Waals surface area contributed by atoms with Gasteiger partial charge in [-0.3, -0.25) is 0 Å². The van der Waals surface area contributed by atoms with Gasteiger partial charge in [0.05, 0.1) is 5.49 Å². The van der Waals surface area contributed by atoms with E-state index in [0.717, 1.165) is 18.8 Å². The molecule has 0 aromatic carbocycles. The Balaban J connectivity index is 3.16. The van der Waals surface area contributed by atoms with E-state index >= 15 is 0 Å². The van der Waals surface area contributed by atoms with Crippen LogP contribution in [0.4, 0.5) is 0 Å². The molecule has 0 unspecified atom stereocenters. The van der Waals surface area contributed by atoms with E-state index in [4.69, 9.17) is 0 Å². The average molecular weight is 144 g/mol. The minimum absolute atomic E-state index is 0.781. The van der Waals surface area contributed by atoms with Crippen LogP contribution in [0.1, 0.15) is 6.92 Å². The minimum Gasteiger partial charge on any atom is -0.355 e. The van der Waals surface area contributed by atoms with Crippen LogP contribution in [0.5, 0.6) is 0 Å². The van der Waals surface area contributed by atoms with Gasteiger partial charge in [0, 0.05) is 12.2 Å².